The van der Waals surface area contributed by atoms with Crippen LogP contribution in [0.1, 0.15) is 11.1 Å². The molecule has 0 bridgehead atoms. The molecule has 7 heteroatoms. The third-order valence-corrected chi connectivity index (χ3v) is 3.73. The summed E-state index contributed by atoms with van der Waals surface area (Å²) in [6, 6.07) is 5.61. The lowest BCUT2D eigenvalue weighted by atomic mass is 10.1. The number of aliphatic hydroxyl groups excluding tert-OH is 4. The van der Waals surface area contributed by atoms with Crippen LogP contribution in [0.15, 0.2) is 22.7 Å². The average Bonchev–Trinajstić information content (AvgIpc) is 2.50. The number of benzene rings is 1. The van der Waals surface area contributed by atoms with Crippen molar-refractivity contribution >= 4 is 15.9 Å². The molecule has 120 valence electrons. The highest BCUT2D eigenvalue weighted by Crippen LogP contribution is 2.23. The molecule has 0 radical (unpaired) electrons. The molecule has 0 saturated carbocycles. The summed E-state index contributed by atoms with van der Waals surface area (Å²) in [6.45, 7) is 0.0542. The van der Waals surface area contributed by atoms with Gasteiger partial charge in [-0.2, -0.15) is 0 Å². The monoisotopic (exact) mass is 364 g/mol. The lowest BCUT2D eigenvalue weighted by Gasteiger charge is -2.13. The molecule has 21 heavy (non-hydrogen) atoms. The average molecular weight is 365 g/mol. The number of hydrogen-bond acceptors (Lipinski definition) is 6. The predicted octanol–water partition coefficient (Wildman–Crippen LogP) is 0.189. The van der Waals surface area contributed by atoms with Crippen LogP contribution in [0.4, 0.5) is 0 Å². The van der Waals surface area contributed by atoms with Gasteiger partial charge in [-0.25, -0.2) is 0 Å². The zero-order chi connectivity index (χ0) is 15.7. The van der Waals surface area contributed by atoms with Crippen molar-refractivity contribution in [3.05, 3.63) is 33.8 Å². The van der Waals surface area contributed by atoms with Crippen molar-refractivity contribution in [3.8, 4) is 0 Å². The fourth-order valence-corrected chi connectivity index (χ4v) is 2.06. The highest BCUT2D eigenvalue weighted by atomic mass is 79.9. The molecule has 0 amide bonds. The Morgan fingerprint density at radius 3 is 1.71 bits per heavy atom. The summed E-state index contributed by atoms with van der Waals surface area (Å²) in [4.78, 5) is 0. The fraction of sp³-hybridized carbons (Fsp3) is 0.571. The lowest BCUT2D eigenvalue weighted by molar-refractivity contribution is -0.00165. The summed E-state index contributed by atoms with van der Waals surface area (Å²) in [6.07, 6.45) is -1.76. The van der Waals surface area contributed by atoms with Crippen molar-refractivity contribution in [2.75, 3.05) is 26.4 Å². The van der Waals surface area contributed by atoms with E-state index in [4.69, 9.17) is 19.7 Å². The van der Waals surface area contributed by atoms with Gasteiger partial charge in [0.25, 0.3) is 0 Å². The Bertz CT molecular complexity index is 380. The quantitative estimate of drug-likeness (QED) is 0.473. The molecule has 0 aliphatic carbocycles. The molecule has 0 aliphatic heterocycles. The van der Waals surface area contributed by atoms with E-state index >= 15 is 0 Å². The summed E-state index contributed by atoms with van der Waals surface area (Å²) in [5.41, 5.74) is 1.79. The maximum Gasteiger partial charge on any atom is 0.100 e. The lowest BCUT2D eigenvalue weighted by Crippen LogP contribution is -2.19. The van der Waals surface area contributed by atoms with Crippen molar-refractivity contribution in [1.82, 2.24) is 0 Å². The van der Waals surface area contributed by atoms with Gasteiger partial charge in [0.05, 0.1) is 39.6 Å². The van der Waals surface area contributed by atoms with Crippen LogP contribution in [0.5, 0.6) is 0 Å². The van der Waals surface area contributed by atoms with Crippen LogP contribution in [0.2, 0.25) is 0 Å². The first-order valence-corrected chi connectivity index (χ1v) is 7.37. The third-order valence-electron chi connectivity index (χ3n) is 2.72. The molecular formula is C14H21BrO6. The largest absolute Gasteiger partial charge is 0.394 e. The Balaban J connectivity index is 2.49. The van der Waals surface area contributed by atoms with Gasteiger partial charge in [0.15, 0.2) is 0 Å². The smallest absolute Gasteiger partial charge is 0.100 e. The minimum Gasteiger partial charge on any atom is -0.394 e. The molecule has 0 aliphatic rings. The van der Waals surface area contributed by atoms with Crippen molar-refractivity contribution in [2.45, 2.75) is 25.4 Å². The molecule has 2 atom stereocenters. The maximum atomic E-state index is 9.20. The summed E-state index contributed by atoms with van der Waals surface area (Å²) < 4.78 is 11.5. The predicted molar refractivity (Wildman–Crippen MR) is 79.6 cm³/mol. The van der Waals surface area contributed by atoms with E-state index in [1.54, 1.807) is 0 Å². The first-order valence-electron chi connectivity index (χ1n) is 6.58. The zero-order valence-corrected chi connectivity index (χ0v) is 13.2. The molecule has 4 N–H and O–H groups in total. The number of hydrogen-bond donors (Lipinski definition) is 4. The molecule has 1 aromatic carbocycles. The standard InChI is InChI=1S/C14H21BrO6/c15-14-10(6-20-8-12(18)4-16)2-1-3-11(14)7-21-9-13(19)5-17/h1-3,12-13,16-19H,4-9H2. The second-order valence-electron chi connectivity index (χ2n) is 4.59. The van der Waals surface area contributed by atoms with E-state index in [0.717, 1.165) is 15.6 Å². The molecular weight excluding hydrogens is 344 g/mol. The van der Waals surface area contributed by atoms with Gasteiger partial charge >= 0.3 is 0 Å². The first-order chi connectivity index (χ1) is 10.1. The van der Waals surface area contributed by atoms with Crippen LogP contribution < -0.4 is 0 Å². The van der Waals surface area contributed by atoms with Gasteiger partial charge in [-0.1, -0.05) is 34.1 Å². The van der Waals surface area contributed by atoms with E-state index < -0.39 is 12.2 Å². The van der Waals surface area contributed by atoms with E-state index in [1.165, 1.54) is 0 Å². The van der Waals surface area contributed by atoms with Crippen molar-refractivity contribution in [3.63, 3.8) is 0 Å². The molecule has 0 heterocycles. The van der Waals surface area contributed by atoms with Gasteiger partial charge in [0.1, 0.15) is 12.2 Å². The number of halogens is 1. The highest BCUT2D eigenvalue weighted by Gasteiger charge is 2.09. The van der Waals surface area contributed by atoms with Gasteiger partial charge < -0.3 is 29.9 Å². The van der Waals surface area contributed by atoms with Crippen LogP contribution in [0.25, 0.3) is 0 Å². The van der Waals surface area contributed by atoms with E-state index in [9.17, 15) is 10.2 Å². The van der Waals surface area contributed by atoms with Gasteiger partial charge in [0.2, 0.25) is 0 Å². The van der Waals surface area contributed by atoms with Crippen molar-refractivity contribution < 1.29 is 29.9 Å². The van der Waals surface area contributed by atoms with Crippen LogP contribution in [0, 0.1) is 0 Å². The van der Waals surface area contributed by atoms with Crippen LogP contribution >= 0.6 is 15.9 Å². The molecule has 1 rings (SSSR count). The normalized spacial score (nSPS) is 14.1. The Labute approximate surface area is 132 Å². The van der Waals surface area contributed by atoms with E-state index in [-0.39, 0.29) is 26.4 Å². The van der Waals surface area contributed by atoms with Gasteiger partial charge in [-0.15, -0.1) is 0 Å². The number of aliphatic hydroxyl groups is 4. The van der Waals surface area contributed by atoms with Crippen molar-refractivity contribution in [1.29, 1.82) is 0 Å². The van der Waals surface area contributed by atoms with E-state index in [1.807, 2.05) is 18.2 Å². The number of ether oxygens (including phenoxy) is 2. The maximum absolute atomic E-state index is 9.20. The van der Waals surface area contributed by atoms with Crippen LogP contribution in [0.3, 0.4) is 0 Å². The second kappa shape index (κ2) is 10.2. The molecule has 0 spiro atoms. The van der Waals surface area contributed by atoms with Crippen LogP contribution in [-0.2, 0) is 22.7 Å². The second-order valence-corrected chi connectivity index (χ2v) is 5.39. The van der Waals surface area contributed by atoms with Crippen molar-refractivity contribution in [2.24, 2.45) is 0 Å². The Kier molecular flexibility index (Phi) is 9.02. The molecule has 2 unspecified atom stereocenters. The molecule has 6 nitrogen and oxygen atoms in total. The minimum atomic E-state index is -0.879. The highest BCUT2D eigenvalue weighted by molar-refractivity contribution is 9.10. The third kappa shape index (κ3) is 6.84. The summed E-state index contributed by atoms with van der Waals surface area (Å²) in [5.74, 6) is 0. The fourth-order valence-electron chi connectivity index (χ4n) is 1.57. The first kappa shape index (κ1) is 18.5. The summed E-state index contributed by atoms with van der Waals surface area (Å²) in [7, 11) is 0. The Morgan fingerprint density at radius 2 is 1.33 bits per heavy atom. The molecule has 1 aromatic rings. The Morgan fingerprint density at radius 1 is 0.905 bits per heavy atom. The minimum absolute atomic E-state index is 0.0619. The Hall–Kier alpha value is -0.540. The van der Waals surface area contributed by atoms with Gasteiger partial charge in [-0.3, -0.25) is 0 Å². The van der Waals surface area contributed by atoms with Gasteiger partial charge in [0, 0.05) is 4.47 Å². The SMILES string of the molecule is OCC(O)COCc1cccc(COCC(O)CO)c1Br. The zero-order valence-electron chi connectivity index (χ0n) is 11.6. The van der Waals surface area contributed by atoms with Crippen LogP contribution in [-0.4, -0.2) is 59.1 Å². The topological polar surface area (TPSA) is 99.4 Å². The molecule has 0 fully saturated rings. The van der Waals surface area contributed by atoms with E-state index in [0.29, 0.717) is 13.2 Å². The summed E-state index contributed by atoms with van der Waals surface area (Å²) >= 11 is 3.47. The molecule has 0 aromatic heterocycles. The number of rotatable bonds is 10. The molecule has 0 saturated heterocycles. The van der Waals surface area contributed by atoms with E-state index in [2.05, 4.69) is 15.9 Å². The van der Waals surface area contributed by atoms with Gasteiger partial charge in [-0.05, 0) is 11.1 Å². The summed E-state index contributed by atoms with van der Waals surface area (Å²) in [5, 5.41) is 35.8.